The van der Waals surface area contributed by atoms with Gasteiger partial charge in [-0.2, -0.15) is 0 Å². The summed E-state index contributed by atoms with van der Waals surface area (Å²) >= 11 is 0. The molecule has 1 rings (SSSR count). The van der Waals surface area contributed by atoms with Crippen molar-refractivity contribution < 1.29 is 27.9 Å². The van der Waals surface area contributed by atoms with E-state index >= 15 is 0 Å². The maximum atomic E-state index is 13.1. The molecule has 0 aliphatic rings. The van der Waals surface area contributed by atoms with Crippen LogP contribution in [0.2, 0.25) is 0 Å². The highest BCUT2D eigenvalue weighted by Crippen LogP contribution is 2.16. The van der Waals surface area contributed by atoms with Crippen LogP contribution in [0.25, 0.3) is 0 Å². The van der Waals surface area contributed by atoms with Crippen LogP contribution in [0.4, 0.5) is 13.2 Å². The zero-order valence-electron chi connectivity index (χ0n) is 8.67. The molecule has 0 spiro atoms. The van der Waals surface area contributed by atoms with Gasteiger partial charge in [0.1, 0.15) is 5.82 Å². The molecule has 1 aromatic rings. The number of halogens is 3. The standard InChI is InChI=1S/C11H9F3O3/c12-7-5-9(14)8(13)4-6(7)10(15)2-1-3-11(16)17/h4-5H,1-3H2,(H,16,17). The lowest BCUT2D eigenvalue weighted by atomic mass is 10.0. The zero-order valence-corrected chi connectivity index (χ0v) is 8.67. The first kappa shape index (κ1) is 13.2. The molecular weight excluding hydrogens is 237 g/mol. The van der Waals surface area contributed by atoms with Gasteiger partial charge in [0, 0.05) is 18.9 Å². The summed E-state index contributed by atoms with van der Waals surface area (Å²) in [7, 11) is 0. The van der Waals surface area contributed by atoms with Crippen molar-refractivity contribution in [2.75, 3.05) is 0 Å². The van der Waals surface area contributed by atoms with Crippen LogP contribution in [0.5, 0.6) is 0 Å². The average molecular weight is 246 g/mol. The Hall–Kier alpha value is -1.85. The number of carboxylic acid groups (broad SMARTS) is 1. The van der Waals surface area contributed by atoms with Crippen molar-refractivity contribution in [3.05, 3.63) is 35.1 Å². The van der Waals surface area contributed by atoms with E-state index in [0.717, 1.165) is 0 Å². The third kappa shape index (κ3) is 3.58. The quantitative estimate of drug-likeness (QED) is 0.641. The summed E-state index contributed by atoms with van der Waals surface area (Å²) in [5.74, 6) is -5.66. The molecule has 3 nitrogen and oxygen atoms in total. The molecule has 92 valence electrons. The van der Waals surface area contributed by atoms with E-state index in [2.05, 4.69) is 0 Å². The number of carbonyl (C=O) groups is 2. The van der Waals surface area contributed by atoms with Crippen LogP contribution in [0.3, 0.4) is 0 Å². The van der Waals surface area contributed by atoms with Crippen molar-refractivity contribution >= 4 is 11.8 Å². The maximum Gasteiger partial charge on any atom is 0.303 e. The predicted octanol–water partition coefficient (Wildman–Crippen LogP) is 2.54. The molecule has 0 bridgehead atoms. The number of ketones is 1. The molecule has 0 aliphatic carbocycles. The third-order valence-electron chi connectivity index (χ3n) is 2.10. The summed E-state index contributed by atoms with van der Waals surface area (Å²) in [6.07, 6.45) is -0.446. The fourth-order valence-corrected chi connectivity index (χ4v) is 1.27. The van der Waals surface area contributed by atoms with E-state index in [1.807, 2.05) is 0 Å². The Labute approximate surface area is 94.9 Å². The van der Waals surface area contributed by atoms with Gasteiger partial charge < -0.3 is 5.11 Å². The molecule has 0 fully saturated rings. The number of aliphatic carboxylic acids is 1. The van der Waals surface area contributed by atoms with E-state index in [9.17, 15) is 22.8 Å². The van der Waals surface area contributed by atoms with Crippen molar-refractivity contribution in [1.29, 1.82) is 0 Å². The molecule has 0 atom stereocenters. The normalized spacial score (nSPS) is 10.3. The predicted molar refractivity (Wildman–Crippen MR) is 52.1 cm³/mol. The molecule has 6 heteroatoms. The minimum absolute atomic E-state index is 0.0204. The van der Waals surface area contributed by atoms with Gasteiger partial charge in [0.15, 0.2) is 17.4 Å². The van der Waals surface area contributed by atoms with Crippen molar-refractivity contribution in [3.63, 3.8) is 0 Å². The minimum Gasteiger partial charge on any atom is -0.481 e. The second-order valence-corrected chi connectivity index (χ2v) is 3.42. The van der Waals surface area contributed by atoms with Gasteiger partial charge in [0.05, 0.1) is 5.56 Å². The first-order chi connectivity index (χ1) is 7.91. The largest absolute Gasteiger partial charge is 0.481 e. The molecule has 0 saturated heterocycles. The fourth-order valence-electron chi connectivity index (χ4n) is 1.27. The topological polar surface area (TPSA) is 54.4 Å². The number of benzene rings is 1. The first-order valence-corrected chi connectivity index (χ1v) is 4.81. The second kappa shape index (κ2) is 5.47. The van der Waals surface area contributed by atoms with E-state index in [1.54, 1.807) is 0 Å². The van der Waals surface area contributed by atoms with Crippen LogP contribution in [0.15, 0.2) is 12.1 Å². The van der Waals surface area contributed by atoms with Gasteiger partial charge in [-0.1, -0.05) is 0 Å². The summed E-state index contributed by atoms with van der Waals surface area (Å²) in [5, 5.41) is 8.34. The molecule has 0 aromatic heterocycles. The van der Waals surface area contributed by atoms with Crippen LogP contribution in [0.1, 0.15) is 29.6 Å². The average Bonchev–Trinajstić information content (AvgIpc) is 2.22. The lowest BCUT2D eigenvalue weighted by Gasteiger charge is -2.02. The molecule has 0 aliphatic heterocycles. The molecule has 0 amide bonds. The Bertz CT molecular complexity index is 458. The smallest absolute Gasteiger partial charge is 0.303 e. The highest BCUT2D eigenvalue weighted by Gasteiger charge is 2.16. The number of carboxylic acids is 1. The zero-order chi connectivity index (χ0) is 13.0. The number of carbonyl (C=O) groups excluding carboxylic acids is 1. The lowest BCUT2D eigenvalue weighted by molar-refractivity contribution is -0.137. The van der Waals surface area contributed by atoms with Gasteiger partial charge >= 0.3 is 5.97 Å². The van der Waals surface area contributed by atoms with Crippen molar-refractivity contribution in [2.24, 2.45) is 0 Å². The van der Waals surface area contributed by atoms with Gasteiger partial charge in [-0.05, 0) is 12.5 Å². The highest BCUT2D eigenvalue weighted by molar-refractivity contribution is 5.96. The second-order valence-electron chi connectivity index (χ2n) is 3.42. The number of rotatable bonds is 5. The van der Waals surface area contributed by atoms with Crippen molar-refractivity contribution in [3.8, 4) is 0 Å². The van der Waals surface area contributed by atoms with E-state index in [1.165, 1.54) is 0 Å². The number of hydrogen-bond donors (Lipinski definition) is 1. The van der Waals surface area contributed by atoms with Crippen LogP contribution in [-0.4, -0.2) is 16.9 Å². The molecule has 0 radical (unpaired) electrons. The SMILES string of the molecule is O=C(O)CCCC(=O)c1cc(F)c(F)cc1F. The van der Waals surface area contributed by atoms with Crippen LogP contribution >= 0.6 is 0 Å². The molecule has 1 aromatic carbocycles. The van der Waals surface area contributed by atoms with Crippen LogP contribution < -0.4 is 0 Å². The van der Waals surface area contributed by atoms with Crippen molar-refractivity contribution in [2.45, 2.75) is 19.3 Å². The van der Waals surface area contributed by atoms with Crippen molar-refractivity contribution in [1.82, 2.24) is 0 Å². The van der Waals surface area contributed by atoms with E-state index in [0.29, 0.717) is 12.1 Å². The summed E-state index contributed by atoms with van der Waals surface area (Å²) in [5.41, 5.74) is -0.561. The lowest BCUT2D eigenvalue weighted by Crippen LogP contribution is -2.06. The monoisotopic (exact) mass is 246 g/mol. The number of hydrogen-bond acceptors (Lipinski definition) is 2. The summed E-state index contributed by atoms with van der Waals surface area (Å²) in [4.78, 5) is 21.6. The summed E-state index contributed by atoms with van der Waals surface area (Å²) in [6.45, 7) is 0. The molecule has 17 heavy (non-hydrogen) atoms. The van der Waals surface area contributed by atoms with E-state index in [-0.39, 0.29) is 19.3 Å². The number of Topliss-reactive ketones (excluding diaryl/α,β-unsaturated/α-hetero) is 1. The first-order valence-electron chi connectivity index (χ1n) is 4.81. The summed E-state index contributed by atoms with van der Waals surface area (Å²) in [6, 6.07) is 0.771. The molecule has 1 N–H and O–H groups in total. The molecule has 0 heterocycles. The van der Waals surface area contributed by atoms with Gasteiger partial charge in [-0.15, -0.1) is 0 Å². The van der Waals surface area contributed by atoms with Gasteiger partial charge in [-0.3, -0.25) is 9.59 Å². The van der Waals surface area contributed by atoms with Crippen LogP contribution in [0, 0.1) is 17.5 Å². The maximum absolute atomic E-state index is 13.1. The molecular formula is C11H9F3O3. The Kier molecular flexibility index (Phi) is 4.25. The Morgan fingerprint density at radius 1 is 1.00 bits per heavy atom. The molecule has 0 saturated carbocycles. The van der Waals surface area contributed by atoms with Gasteiger partial charge in [-0.25, -0.2) is 13.2 Å². The minimum atomic E-state index is -1.37. The van der Waals surface area contributed by atoms with Gasteiger partial charge in [0.25, 0.3) is 0 Å². The Morgan fingerprint density at radius 2 is 1.59 bits per heavy atom. The Balaban J connectivity index is 2.75. The van der Waals surface area contributed by atoms with E-state index < -0.39 is 34.8 Å². The third-order valence-corrected chi connectivity index (χ3v) is 2.10. The highest BCUT2D eigenvalue weighted by atomic mass is 19.2. The van der Waals surface area contributed by atoms with Crippen LogP contribution in [-0.2, 0) is 4.79 Å². The fraction of sp³-hybridized carbons (Fsp3) is 0.273. The summed E-state index contributed by atoms with van der Waals surface area (Å²) < 4.78 is 38.5. The molecule has 0 unspecified atom stereocenters. The Morgan fingerprint density at radius 3 is 2.18 bits per heavy atom. The van der Waals surface area contributed by atoms with Gasteiger partial charge in [0.2, 0.25) is 0 Å². The van der Waals surface area contributed by atoms with E-state index in [4.69, 9.17) is 5.11 Å².